The van der Waals surface area contributed by atoms with Crippen LogP contribution in [0.5, 0.6) is 0 Å². The third-order valence-corrected chi connectivity index (χ3v) is 2.56. The second kappa shape index (κ2) is 8.27. The summed E-state index contributed by atoms with van der Waals surface area (Å²) in [6.07, 6.45) is 5.20. The zero-order chi connectivity index (χ0) is 14.1. The standard InChI is InChI=1S/C16H20O3/c1-3-7-15(18)12-16(19-13(2)17)11-10-14-8-5-4-6-9-14/h3-6,8-11,15-16,18H,1,7,12H2,2H3/b11-10+/t15-,16-/m0/s1. The van der Waals surface area contributed by atoms with Crippen LogP contribution < -0.4 is 0 Å². The summed E-state index contributed by atoms with van der Waals surface area (Å²) >= 11 is 0. The molecule has 3 nitrogen and oxygen atoms in total. The van der Waals surface area contributed by atoms with Crippen LogP contribution in [0.1, 0.15) is 25.3 Å². The molecule has 0 radical (unpaired) electrons. The monoisotopic (exact) mass is 260 g/mol. The Balaban J connectivity index is 2.65. The van der Waals surface area contributed by atoms with Crippen LogP contribution >= 0.6 is 0 Å². The lowest BCUT2D eigenvalue weighted by atomic mass is 10.1. The van der Waals surface area contributed by atoms with E-state index in [1.165, 1.54) is 6.92 Å². The number of carbonyl (C=O) groups is 1. The van der Waals surface area contributed by atoms with Crippen molar-refractivity contribution < 1.29 is 14.6 Å². The highest BCUT2D eigenvalue weighted by molar-refractivity contribution is 5.66. The molecular formula is C16H20O3. The molecular weight excluding hydrogens is 240 g/mol. The molecule has 1 rings (SSSR count). The van der Waals surface area contributed by atoms with Crippen molar-refractivity contribution in [1.82, 2.24) is 0 Å². The van der Waals surface area contributed by atoms with Gasteiger partial charge in [-0.3, -0.25) is 4.79 Å². The first-order valence-electron chi connectivity index (χ1n) is 6.31. The highest BCUT2D eigenvalue weighted by atomic mass is 16.5. The lowest BCUT2D eigenvalue weighted by molar-refractivity contribution is -0.145. The van der Waals surface area contributed by atoms with Crippen LogP contribution in [-0.2, 0) is 9.53 Å². The fraction of sp³-hybridized carbons (Fsp3) is 0.312. The maximum absolute atomic E-state index is 11.0. The van der Waals surface area contributed by atoms with Crippen molar-refractivity contribution in [3.8, 4) is 0 Å². The van der Waals surface area contributed by atoms with E-state index in [-0.39, 0.29) is 5.97 Å². The van der Waals surface area contributed by atoms with Crippen molar-refractivity contribution in [2.45, 2.75) is 32.0 Å². The van der Waals surface area contributed by atoms with Crippen molar-refractivity contribution in [2.24, 2.45) is 0 Å². The molecule has 0 aliphatic rings. The molecule has 2 atom stereocenters. The summed E-state index contributed by atoms with van der Waals surface area (Å²) in [5, 5.41) is 9.73. The predicted molar refractivity (Wildman–Crippen MR) is 76.5 cm³/mol. The zero-order valence-electron chi connectivity index (χ0n) is 11.2. The van der Waals surface area contributed by atoms with Gasteiger partial charge >= 0.3 is 5.97 Å². The summed E-state index contributed by atoms with van der Waals surface area (Å²) in [5.74, 6) is -0.353. The Hall–Kier alpha value is -1.87. The number of esters is 1. The second-order valence-corrected chi connectivity index (χ2v) is 4.33. The first kappa shape index (κ1) is 15.2. The van der Waals surface area contributed by atoms with Crippen molar-refractivity contribution in [2.75, 3.05) is 0 Å². The van der Waals surface area contributed by atoms with E-state index < -0.39 is 12.2 Å². The zero-order valence-corrected chi connectivity index (χ0v) is 11.2. The number of hydrogen-bond donors (Lipinski definition) is 1. The molecule has 102 valence electrons. The third kappa shape index (κ3) is 6.58. The molecule has 0 aliphatic heterocycles. The molecule has 0 heterocycles. The minimum absolute atomic E-state index is 0.353. The van der Waals surface area contributed by atoms with Gasteiger partial charge in [0.15, 0.2) is 0 Å². The van der Waals surface area contributed by atoms with Gasteiger partial charge in [-0.2, -0.15) is 0 Å². The Morgan fingerprint density at radius 1 is 1.42 bits per heavy atom. The topological polar surface area (TPSA) is 46.5 Å². The van der Waals surface area contributed by atoms with Gasteiger partial charge in [0.1, 0.15) is 6.10 Å². The first-order valence-corrected chi connectivity index (χ1v) is 6.31. The van der Waals surface area contributed by atoms with Crippen LogP contribution in [0.15, 0.2) is 49.1 Å². The van der Waals surface area contributed by atoms with Gasteiger partial charge in [0.05, 0.1) is 6.10 Å². The van der Waals surface area contributed by atoms with Gasteiger partial charge < -0.3 is 9.84 Å². The first-order chi connectivity index (χ1) is 9.11. The molecule has 0 unspecified atom stereocenters. The molecule has 1 aromatic carbocycles. The summed E-state index contributed by atoms with van der Waals surface area (Å²) in [7, 11) is 0. The Bertz CT molecular complexity index is 423. The summed E-state index contributed by atoms with van der Waals surface area (Å²) < 4.78 is 5.17. The van der Waals surface area contributed by atoms with Gasteiger partial charge in [0.2, 0.25) is 0 Å². The summed E-state index contributed by atoms with van der Waals surface area (Å²) in [6.45, 7) is 4.94. The van der Waals surface area contributed by atoms with E-state index in [9.17, 15) is 9.90 Å². The Labute approximate surface area is 114 Å². The number of hydrogen-bond acceptors (Lipinski definition) is 3. The van der Waals surface area contributed by atoms with E-state index in [1.807, 2.05) is 36.4 Å². The number of aliphatic hydroxyl groups excluding tert-OH is 1. The summed E-state index contributed by atoms with van der Waals surface area (Å²) in [6, 6.07) is 9.73. The van der Waals surface area contributed by atoms with E-state index in [4.69, 9.17) is 4.74 Å². The highest BCUT2D eigenvalue weighted by Gasteiger charge is 2.13. The van der Waals surface area contributed by atoms with Crippen LogP contribution in [-0.4, -0.2) is 23.3 Å². The number of carbonyl (C=O) groups excluding carboxylic acids is 1. The van der Waals surface area contributed by atoms with E-state index >= 15 is 0 Å². The molecule has 0 saturated carbocycles. The minimum atomic E-state index is -0.553. The SMILES string of the molecule is C=CC[C@H](O)C[C@H](/C=C/c1ccccc1)OC(C)=O. The fourth-order valence-electron chi connectivity index (χ4n) is 1.72. The lowest BCUT2D eigenvalue weighted by Gasteiger charge is -2.16. The molecule has 0 bridgehead atoms. The highest BCUT2D eigenvalue weighted by Crippen LogP contribution is 2.11. The number of aliphatic hydroxyl groups is 1. The molecule has 0 amide bonds. The second-order valence-electron chi connectivity index (χ2n) is 4.33. The lowest BCUT2D eigenvalue weighted by Crippen LogP contribution is -2.20. The summed E-state index contributed by atoms with van der Waals surface area (Å²) in [5.41, 5.74) is 1.03. The largest absolute Gasteiger partial charge is 0.458 e. The quantitative estimate of drug-likeness (QED) is 0.605. The normalized spacial score (nSPS) is 14.0. The Kier molecular flexibility index (Phi) is 6.61. The van der Waals surface area contributed by atoms with Crippen LogP contribution in [0.4, 0.5) is 0 Å². The molecule has 0 fully saturated rings. The maximum atomic E-state index is 11.0. The van der Waals surface area contributed by atoms with E-state index in [0.717, 1.165) is 5.56 Å². The molecule has 1 aromatic rings. The number of rotatable bonds is 7. The fourth-order valence-corrected chi connectivity index (χ4v) is 1.72. The van der Waals surface area contributed by atoms with Gasteiger partial charge in [-0.25, -0.2) is 0 Å². The van der Waals surface area contributed by atoms with Crippen molar-refractivity contribution in [3.05, 3.63) is 54.6 Å². The van der Waals surface area contributed by atoms with Crippen molar-refractivity contribution in [3.63, 3.8) is 0 Å². The maximum Gasteiger partial charge on any atom is 0.303 e. The molecule has 3 heteroatoms. The van der Waals surface area contributed by atoms with E-state index in [2.05, 4.69) is 6.58 Å². The van der Waals surface area contributed by atoms with Crippen LogP contribution in [0.3, 0.4) is 0 Å². The molecule has 0 spiro atoms. The molecule has 19 heavy (non-hydrogen) atoms. The molecule has 0 aromatic heterocycles. The predicted octanol–water partition coefficient (Wildman–Crippen LogP) is 2.96. The van der Waals surface area contributed by atoms with Crippen molar-refractivity contribution >= 4 is 12.0 Å². The Morgan fingerprint density at radius 3 is 2.68 bits per heavy atom. The third-order valence-electron chi connectivity index (χ3n) is 2.56. The van der Waals surface area contributed by atoms with E-state index in [1.54, 1.807) is 12.2 Å². The average Bonchev–Trinajstić information content (AvgIpc) is 2.37. The van der Waals surface area contributed by atoms with Gasteiger partial charge in [0, 0.05) is 13.3 Å². The number of benzene rings is 1. The van der Waals surface area contributed by atoms with Crippen molar-refractivity contribution in [1.29, 1.82) is 0 Å². The molecule has 1 N–H and O–H groups in total. The Morgan fingerprint density at radius 2 is 2.11 bits per heavy atom. The van der Waals surface area contributed by atoms with Crippen LogP contribution in [0.2, 0.25) is 0 Å². The van der Waals surface area contributed by atoms with Gasteiger partial charge in [-0.1, -0.05) is 42.5 Å². The van der Waals surface area contributed by atoms with Crippen LogP contribution in [0, 0.1) is 0 Å². The van der Waals surface area contributed by atoms with Crippen LogP contribution in [0.25, 0.3) is 6.08 Å². The average molecular weight is 260 g/mol. The smallest absolute Gasteiger partial charge is 0.303 e. The van der Waals surface area contributed by atoms with Gasteiger partial charge in [-0.15, -0.1) is 6.58 Å². The summed E-state index contributed by atoms with van der Waals surface area (Å²) in [4.78, 5) is 11.0. The minimum Gasteiger partial charge on any atom is -0.458 e. The number of ether oxygens (including phenoxy) is 1. The molecule has 0 saturated heterocycles. The van der Waals surface area contributed by atoms with Gasteiger partial charge in [0.25, 0.3) is 0 Å². The van der Waals surface area contributed by atoms with E-state index in [0.29, 0.717) is 12.8 Å². The van der Waals surface area contributed by atoms with Gasteiger partial charge in [-0.05, 0) is 18.1 Å². The molecule has 0 aliphatic carbocycles.